The highest BCUT2D eigenvalue weighted by atomic mass is 35.5. The minimum absolute atomic E-state index is 0. The van der Waals surface area contributed by atoms with Gasteiger partial charge in [0.2, 0.25) is 0 Å². The third-order valence-corrected chi connectivity index (χ3v) is 6.50. The van der Waals surface area contributed by atoms with Crippen LogP contribution in [0, 0.1) is 10.1 Å². The van der Waals surface area contributed by atoms with Gasteiger partial charge in [-0.2, -0.15) is 0 Å². The molecule has 0 radical (unpaired) electrons. The number of nitro benzene ring substituents is 1. The molecule has 0 aromatic heterocycles. The number of hydrogen-bond donors (Lipinski definition) is 1. The molecule has 3 aromatic carbocycles. The van der Waals surface area contributed by atoms with Crippen molar-refractivity contribution in [3.8, 4) is 11.5 Å². The number of nitro groups is 1. The van der Waals surface area contributed by atoms with E-state index < -0.39 is 4.92 Å². The fourth-order valence-electron chi connectivity index (χ4n) is 4.05. The fourth-order valence-corrected chi connectivity index (χ4v) is 4.18. The molecule has 0 fully saturated rings. The molecule has 1 N–H and O–H groups in total. The summed E-state index contributed by atoms with van der Waals surface area (Å²) in [6.45, 7) is 2.09. The third kappa shape index (κ3) is 8.08. The molecule has 0 heterocycles. The first-order chi connectivity index (χ1) is 17.3. The number of nitrogens with one attached hydrogen (secondary N) is 1. The Morgan fingerprint density at radius 3 is 2.22 bits per heavy atom. The number of carbonyl (C=O) groups excluding carboxylic acids is 1. The zero-order valence-corrected chi connectivity index (χ0v) is 22.7. The molecule has 0 spiro atoms. The molecule has 3 rings (SSSR count). The van der Waals surface area contributed by atoms with Gasteiger partial charge in [0.1, 0.15) is 5.69 Å². The maximum atomic E-state index is 12.5. The Labute approximate surface area is 228 Å². The molecular formula is C27H32Cl2N3O5+. The highest BCUT2D eigenvalue weighted by Crippen LogP contribution is 2.29. The lowest BCUT2D eigenvalue weighted by Crippen LogP contribution is -2.48. The van der Waals surface area contributed by atoms with Gasteiger partial charge in [-0.1, -0.05) is 17.7 Å². The number of hydrogen-bond acceptors (Lipinski definition) is 5. The maximum Gasteiger partial charge on any atom is 0.269 e. The van der Waals surface area contributed by atoms with Gasteiger partial charge in [0.25, 0.3) is 11.6 Å². The number of carbonyl (C=O) groups is 1. The molecule has 0 saturated heterocycles. The van der Waals surface area contributed by atoms with E-state index in [4.69, 9.17) is 21.1 Å². The zero-order chi connectivity index (χ0) is 26.1. The summed E-state index contributed by atoms with van der Waals surface area (Å²) in [6, 6.07) is 19.4. The molecule has 1 unspecified atom stereocenters. The van der Waals surface area contributed by atoms with Gasteiger partial charge in [0, 0.05) is 54.2 Å². The zero-order valence-electron chi connectivity index (χ0n) is 21.1. The normalized spacial score (nSPS) is 12.1. The van der Waals surface area contributed by atoms with E-state index in [0.717, 1.165) is 37.2 Å². The highest BCUT2D eigenvalue weighted by Gasteiger charge is 2.25. The number of halogens is 2. The van der Waals surface area contributed by atoms with Crippen LogP contribution in [0.25, 0.3) is 0 Å². The molecule has 0 saturated carbocycles. The standard InChI is InChI=1S/C27H30ClN3O5.ClH/c1-31(24-12-8-22(28)9-13-24,18-15-20-5-14-25(35-2)26(19-20)36-3)17-4-16-29-27(32)21-6-10-23(11-7-21)30(33)34;/h5-14,19H,4,15-18H2,1-3H3;1H/p+1. The van der Waals surface area contributed by atoms with Crippen molar-refractivity contribution >= 4 is 41.3 Å². The predicted molar refractivity (Wildman–Crippen MR) is 149 cm³/mol. The van der Waals surface area contributed by atoms with Crippen molar-refractivity contribution in [2.24, 2.45) is 0 Å². The number of rotatable bonds is 12. The minimum atomic E-state index is -0.487. The molecule has 0 bridgehead atoms. The molecule has 1 amide bonds. The van der Waals surface area contributed by atoms with Crippen LogP contribution in [-0.2, 0) is 6.42 Å². The van der Waals surface area contributed by atoms with Crippen LogP contribution in [0.4, 0.5) is 11.4 Å². The first kappa shape index (κ1) is 29.9. The third-order valence-electron chi connectivity index (χ3n) is 6.25. The van der Waals surface area contributed by atoms with Gasteiger partial charge < -0.3 is 14.8 Å². The van der Waals surface area contributed by atoms with Crippen LogP contribution in [0.3, 0.4) is 0 Å². The Hall–Kier alpha value is -3.33. The van der Waals surface area contributed by atoms with Crippen molar-refractivity contribution in [1.29, 1.82) is 0 Å². The number of quaternary nitrogens is 1. The molecule has 3 aromatic rings. The number of nitrogens with zero attached hydrogens (tertiary/aromatic N) is 2. The summed E-state index contributed by atoms with van der Waals surface area (Å²) in [4.78, 5) is 22.8. The Morgan fingerprint density at radius 2 is 1.62 bits per heavy atom. The van der Waals surface area contributed by atoms with Crippen molar-refractivity contribution in [2.45, 2.75) is 12.8 Å². The van der Waals surface area contributed by atoms with Crippen LogP contribution in [0.15, 0.2) is 66.7 Å². The number of ether oxygens (including phenoxy) is 2. The van der Waals surface area contributed by atoms with Crippen LogP contribution in [0.2, 0.25) is 5.02 Å². The molecule has 0 aliphatic carbocycles. The SMILES string of the molecule is COc1ccc(CC[N+](C)(CCCNC(=O)c2ccc([N+](=O)[O-])cc2)c2ccc(Cl)cc2)cc1OC.Cl. The minimum Gasteiger partial charge on any atom is -0.493 e. The van der Waals surface area contributed by atoms with Crippen LogP contribution < -0.4 is 19.3 Å². The van der Waals surface area contributed by atoms with Gasteiger partial charge in [0.05, 0.1) is 39.3 Å². The quantitative estimate of drug-likeness (QED) is 0.136. The van der Waals surface area contributed by atoms with Gasteiger partial charge in [-0.05, 0) is 42.0 Å². The van der Waals surface area contributed by atoms with Gasteiger partial charge in [0.15, 0.2) is 11.5 Å². The first-order valence-corrected chi connectivity index (χ1v) is 12.0. The Bertz CT molecular complexity index is 1190. The fraction of sp³-hybridized carbons (Fsp3) is 0.296. The molecule has 0 aliphatic rings. The van der Waals surface area contributed by atoms with E-state index >= 15 is 0 Å². The van der Waals surface area contributed by atoms with Crippen LogP contribution >= 0.6 is 24.0 Å². The topological polar surface area (TPSA) is 90.7 Å². The average Bonchev–Trinajstić information content (AvgIpc) is 2.90. The Balaban J connectivity index is 0.00000481. The van der Waals surface area contributed by atoms with Crippen LogP contribution in [0.5, 0.6) is 11.5 Å². The smallest absolute Gasteiger partial charge is 0.269 e. The number of amides is 1. The van der Waals surface area contributed by atoms with E-state index in [1.807, 2.05) is 42.5 Å². The van der Waals surface area contributed by atoms with Gasteiger partial charge in [-0.15, -0.1) is 12.4 Å². The van der Waals surface area contributed by atoms with Crippen LogP contribution in [-0.4, -0.2) is 51.7 Å². The van der Waals surface area contributed by atoms with Gasteiger partial charge in [-0.25, -0.2) is 0 Å². The summed E-state index contributed by atoms with van der Waals surface area (Å²) in [6.07, 6.45) is 1.55. The van der Waals surface area contributed by atoms with Crippen molar-refractivity contribution in [3.63, 3.8) is 0 Å². The second-order valence-corrected chi connectivity index (χ2v) is 9.11. The molecule has 1 atom stereocenters. The molecule has 37 heavy (non-hydrogen) atoms. The van der Waals surface area contributed by atoms with E-state index in [0.29, 0.717) is 33.1 Å². The lowest BCUT2D eigenvalue weighted by Gasteiger charge is -2.34. The molecule has 8 nitrogen and oxygen atoms in total. The average molecular weight is 549 g/mol. The van der Waals surface area contributed by atoms with E-state index in [-0.39, 0.29) is 24.0 Å². The number of methoxy groups -OCH3 is 2. The van der Waals surface area contributed by atoms with Crippen molar-refractivity contribution in [3.05, 3.63) is 93.0 Å². The number of benzene rings is 3. The second kappa shape index (κ2) is 13.8. The van der Waals surface area contributed by atoms with Crippen LogP contribution in [0.1, 0.15) is 22.3 Å². The molecular weight excluding hydrogens is 517 g/mol. The van der Waals surface area contributed by atoms with E-state index in [9.17, 15) is 14.9 Å². The molecule has 0 aliphatic heterocycles. The van der Waals surface area contributed by atoms with E-state index in [1.165, 1.54) is 24.3 Å². The summed E-state index contributed by atoms with van der Waals surface area (Å²) in [5.74, 6) is 1.14. The maximum absolute atomic E-state index is 12.5. The molecule has 10 heteroatoms. The summed E-state index contributed by atoms with van der Waals surface area (Å²) >= 11 is 6.13. The Kier molecular flexibility index (Phi) is 11.2. The second-order valence-electron chi connectivity index (χ2n) is 8.67. The van der Waals surface area contributed by atoms with Crippen molar-refractivity contribution < 1.29 is 19.2 Å². The first-order valence-electron chi connectivity index (χ1n) is 11.6. The van der Waals surface area contributed by atoms with Gasteiger partial charge in [-0.3, -0.25) is 19.4 Å². The summed E-state index contributed by atoms with van der Waals surface area (Å²) in [7, 11) is 5.41. The number of non-ortho nitro benzene ring substituents is 1. The molecule has 198 valence electrons. The summed E-state index contributed by atoms with van der Waals surface area (Å²) in [5.41, 5.74) is 2.61. The predicted octanol–water partition coefficient (Wildman–Crippen LogP) is 5.69. The summed E-state index contributed by atoms with van der Waals surface area (Å²) < 4.78 is 11.4. The van der Waals surface area contributed by atoms with Crippen molar-refractivity contribution in [1.82, 2.24) is 9.80 Å². The number of likely N-dealkylation sites (N-methyl/N-ethyl adjacent to an activating group) is 1. The van der Waals surface area contributed by atoms with E-state index in [1.54, 1.807) is 14.2 Å². The highest BCUT2D eigenvalue weighted by molar-refractivity contribution is 6.30. The van der Waals surface area contributed by atoms with Gasteiger partial charge >= 0.3 is 0 Å². The lowest BCUT2D eigenvalue weighted by atomic mass is 10.1. The lowest BCUT2D eigenvalue weighted by molar-refractivity contribution is -0.384. The van der Waals surface area contributed by atoms with Crippen molar-refractivity contribution in [2.75, 3.05) is 40.9 Å². The summed E-state index contributed by atoms with van der Waals surface area (Å²) in [5, 5.41) is 14.4. The largest absolute Gasteiger partial charge is 0.493 e. The monoisotopic (exact) mass is 548 g/mol. The van der Waals surface area contributed by atoms with E-state index in [2.05, 4.69) is 12.4 Å². The Morgan fingerprint density at radius 1 is 0.973 bits per heavy atom.